The van der Waals surface area contributed by atoms with E-state index < -0.39 is 0 Å². The summed E-state index contributed by atoms with van der Waals surface area (Å²) in [7, 11) is 0. The molecule has 1 aromatic rings. The van der Waals surface area contributed by atoms with Crippen molar-refractivity contribution in [3.8, 4) is 0 Å². The highest BCUT2D eigenvalue weighted by molar-refractivity contribution is 5.16. The number of likely N-dealkylation sites (tertiary alicyclic amines) is 1. The van der Waals surface area contributed by atoms with Gasteiger partial charge in [0.05, 0.1) is 6.10 Å². The van der Waals surface area contributed by atoms with E-state index in [1.54, 1.807) is 0 Å². The molecule has 2 aliphatic carbocycles. The van der Waals surface area contributed by atoms with Crippen LogP contribution in [0, 0.1) is 35.5 Å². The van der Waals surface area contributed by atoms with Crippen LogP contribution < -0.4 is 0 Å². The van der Waals surface area contributed by atoms with Gasteiger partial charge in [0, 0.05) is 6.54 Å². The lowest BCUT2D eigenvalue weighted by molar-refractivity contribution is 0.0316. The zero-order chi connectivity index (χ0) is 20.4. The predicted molar refractivity (Wildman–Crippen MR) is 122 cm³/mol. The molecule has 1 aliphatic heterocycles. The Labute approximate surface area is 178 Å². The third kappa shape index (κ3) is 4.97. The molecule has 6 atom stereocenters. The van der Waals surface area contributed by atoms with Gasteiger partial charge in [0.2, 0.25) is 0 Å². The summed E-state index contributed by atoms with van der Waals surface area (Å²) in [6.07, 6.45) is 9.91. The second-order valence-electron chi connectivity index (χ2n) is 10.5. The highest BCUT2D eigenvalue weighted by Crippen LogP contribution is 2.48. The van der Waals surface area contributed by atoms with Gasteiger partial charge in [-0.05, 0) is 98.8 Å². The van der Waals surface area contributed by atoms with Crippen molar-refractivity contribution >= 4 is 0 Å². The second kappa shape index (κ2) is 9.35. The van der Waals surface area contributed by atoms with Crippen molar-refractivity contribution in [3.05, 3.63) is 47.5 Å². The number of benzene rings is 1. The van der Waals surface area contributed by atoms with Crippen LogP contribution in [0.2, 0.25) is 0 Å². The van der Waals surface area contributed by atoms with Crippen LogP contribution in [0.25, 0.3) is 0 Å². The molecular weight excluding hydrogens is 354 g/mol. The van der Waals surface area contributed by atoms with Gasteiger partial charge in [-0.25, -0.2) is 0 Å². The Morgan fingerprint density at radius 3 is 2.52 bits per heavy atom. The lowest BCUT2D eigenvalue weighted by Gasteiger charge is -2.47. The summed E-state index contributed by atoms with van der Waals surface area (Å²) in [5.41, 5.74) is 2.72. The average Bonchev–Trinajstić information content (AvgIpc) is 2.72. The highest BCUT2D eigenvalue weighted by atomic mass is 16.3. The number of piperidine rings is 1. The molecular formula is C27H41NO. The van der Waals surface area contributed by atoms with Crippen molar-refractivity contribution < 1.29 is 5.11 Å². The number of nitrogens with zero attached hydrogens (tertiary/aromatic N) is 1. The van der Waals surface area contributed by atoms with Gasteiger partial charge < -0.3 is 10.0 Å². The zero-order valence-corrected chi connectivity index (χ0v) is 18.8. The first-order valence-electron chi connectivity index (χ1n) is 12.1. The van der Waals surface area contributed by atoms with Crippen LogP contribution >= 0.6 is 0 Å². The molecule has 2 nitrogen and oxygen atoms in total. The topological polar surface area (TPSA) is 23.5 Å². The third-order valence-corrected chi connectivity index (χ3v) is 8.50. The van der Waals surface area contributed by atoms with E-state index in [1.165, 1.54) is 62.9 Å². The summed E-state index contributed by atoms with van der Waals surface area (Å²) in [4.78, 5) is 2.74. The number of hydrogen-bond acceptors (Lipinski definition) is 2. The van der Waals surface area contributed by atoms with Crippen LogP contribution in [0.5, 0.6) is 0 Å². The molecule has 0 spiro atoms. The molecule has 3 aliphatic rings. The van der Waals surface area contributed by atoms with E-state index in [0.717, 1.165) is 30.1 Å². The first-order valence-corrected chi connectivity index (χ1v) is 12.1. The zero-order valence-electron chi connectivity index (χ0n) is 18.8. The van der Waals surface area contributed by atoms with Crippen LogP contribution in [0.1, 0.15) is 58.4 Å². The Bertz CT molecular complexity index is 675. The maximum absolute atomic E-state index is 10.4. The van der Waals surface area contributed by atoms with Gasteiger partial charge in [0.25, 0.3) is 0 Å². The smallest absolute Gasteiger partial charge is 0.0750 e. The van der Waals surface area contributed by atoms with Gasteiger partial charge in [0.15, 0.2) is 0 Å². The SMILES string of the molecule is CC1=CC2C(C(C)CN3CCC(Cc4ccccc4)CC3)CCC(C)C2CC1O. The van der Waals surface area contributed by atoms with Gasteiger partial charge in [-0.3, -0.25) is 0 Å². The van der Waals surface area contributed by atoms with Crippen molar-refractivity contribution in [1.29, 1.82) is 0 Å². The number of rotatable bonds is 5. The lowest BCUT2D eigenvalue weighted by atomic mass is 9.59. The van der Waals surface area contributed by atoms with E-state index in [9.17, 15) is 5.11 Å². The Morgan fingerprint density at radius 1 is 1.07 bits per heavy atom. The Hall–Kier alpha value is -1.12. The molecule has 2 heteroatoms. The van der Waals surface area contributed by atoms with E-state index >= 15 is 0 Å². The van der Waals surface area contributed by atoms with Crippen molar-refractivity contribution in [2.45, 2.75) is 65.4 Å². The number of allylic oxidation sites excluding steroid dienone is 1. The fourth-order valence-corrected chi connectivity index (χ4v) is 6.58. The molecule has 4 rings (SSSR count). The number of aliphatic hydroxyl groups excluding tert-OH is 1. The van der Waals surface area contributed by atoms with E-state index in [4.69, 9.17) is 0 Å². The Balaban J connectivity index is 1.31. The molecule has 0 bridgehead atoms. The molecule has 1 saturated heterocycles. The molecule has 6 unspecified atom stereocenters. The molecule has 0 radical (unpaired) electrons. The standard InChI is InChI=1S/C27H41NO/c1-19-9-10-24(26-15-20(2)27(29)17-25(19)26)21(3)18-28-13-11-23(12-14-28)16-22-7-5-4-6-8-22/h4-8,15,19,21,23-27,29H,9-14,16-18H2,1-3H3. The quantitative estimate of drug-likeness (QED) is 0.659. The van der Waals surface area contributed by atoms with Crippen molar-refractivity contribution in [3.63, 3.8) is 0 Å². The van der Waals surface area contributed by atoms with E-state index in [1.807, 2.05) is 0 Å². The monoisotopic (exact) mass is 395 g/mol. The fraction of sp³-hybridized carbons (Fsp3) is 0.704. The second-order valence-corrected chi connectivity index (χ2v) is 10.5. The van der Waals surface area contributed by atoms with Crippen LogP contribution in [0.15, 0.2) is 42.0 Å². The maximum atomic E-state index is 10.4. The molecule has 0 aromatic heterocycles. The minimum atomic E-state index is -0.198. The highest BCUT2D eigenvalue weighted by Gasteiger charge is 2.42. The molecule has 160 valence electrons. The van der Waals surface area contributed by atoms with Crippen LogP contribution in [0.3, 0.4) is 0 Å². The fourth-order valence-electron chi connectivity index (χ4n) is 6.58. The first-order chi connectivity index (χ1) is 14.0. The Morgan fingerprint density at radius 2 is 1.79 bits per heavy atom. The molecule has 1 saturated carbocycles. The van der Waals surface area contributed by atoms with Crippen molar-refractivity contribution in [1.82, 2.24) is 4.90 Å². The minimum Gasteiger partial charge on any atom is -0.389 e. The molecule has 29 heavy (non-hydrogen) atoms. The summed E-state index contributed by atoms with van der Waals surface area (Å²) in [5.74, 6) is 4.53. The number of fused-ring (bicyclic) bond motifs is 1. The summed E-state index contributed by atoms with van der Waals surface area (Å²) in [6, 6.07) is 11.0. The van der Waals surface area contributed by atoms with Gasteiger partial charge in [0.1, 0.15) is 0 Å². The van der Waals surface area contributed by atoms with Gasteiger partial charge in [-0.2, -0.15) is 0 Å². The Kier molecular flexibility index (Phi) is 6.81. The molecule has 2 fully saturated rings. The largest absolute Gasteiger partial charge is 0.389 e. The normalized spacial score (nSPS) is 35.0. The van der Waals surface area contributed by atoms with E-state index in [2.05, 4.69) is 62.1 Å². The maximum Gasteiger partial charge on any atom is 0.0750 e. The average molecular weight is 396 g/mol. The van der Waals surface area contributed by atoms with Gasteiger partial charge >= 0.3 is 0 Å². The van der Waals surface area contributed by atoms with E-state index in [-0.39, 0.29) is 6.10 Å². The van der Waals surface area contributed by atoms with Crippen molar-refractivity contribution in [2.24, 2.45) is 35.5 Å². The number of hydrogen-bond donors (Lipinski definition) is 1. The lowest BCUT2D eigenvalue weighted by Crippen LogP contribution is -2.44. The number of aliphatic hydroxyl groups is 1. The van der Waals surface area contributed by atoms with Gasteiger partial charge in [-0.15, -0.1) is 0 Å². The van der Waals surface area contributed by atoms with Crippen LogP contribution in [-0.2, 0) is 6.42 Å². The summed E-state index contributed by atoms with van der Waals surface area (Å²) in [6.45, 7) is 10.9. The van der Waals surface area contributed by atoms with E-state index in [0.29, 0.717) is 11.8 Å². The summed E-state index contributed by atoms with van der Waals surface area (Å²) in [5, 5.41) is 10.4. The molecule has 1 N–H and O–H groups in total. The molecule has 0 amide bonds. The van der Waals surface area contributed by atoms with Gasteiger partial charge in [-0.1, -0.05) is 56.7 Å². The molecule has 1 aromatic carbocycles. The first kappa shape index (κ1) is 21.1. The van der Waals surface area contributed by atoms with Crippen LogP contribution in [0.4, 0.5) is 0 Å². The third-order valence-electron chi connectivity index (χ3n) is 8.50. The predicted octanol–water partition coefficient (Wildman–Crippen LogP) is 5.57. The van der Waals surface area contributed by atoms with Crippen molar-refractivity contribution in [2.75, 3.05) is 19.6 Å². The summed E-state index contributed by atoms with van der Waals surface area (Å²) < 4.78 is 0. The van der Waals surface area contributed by atoms with Crippen LogP contribution in [-0.4, -0.2) is 35.7 Å². The molecule has 1 heterocycles. The minimum absolute atomic E-state index is 0.198. The summed E-state index contributed by atoms with van der Waals surface area (Å²) >= 11 is 0.